The van der Waals surface area contributed by atoms with E-state index >= 15 is 0 Å². The highest BCUT2D eigenvalue weighted by Crippen LogP contribution is 2.25. The Morgan fingerprint density at radius 3 is 2.50 bits per heavy atom. The van der Waals surface area contributed by atoms with Crippen molar-refractivity contribution in [3.8, 4) is 5.75 Å². The molecular formula is C8H13ClN2O. The summed E-state index contributed by atoms with van der Waals surface area (Å²) in [5.41, 5.74) is 0.113. The van der Waals surface area contributed by atoms with Crippen LogP contribution in [0.2, 0.25) is 5.15 Å². The van der Waals surface area contributed by atoms with Gasteiger partial charge in [-0.1, -0.05) is 32.4 Å². The molecule has 1 heterocycles. The standard InChI is InChI=1S/C8H13ClN2O/c1-8(2,3)5-11-7(9)6(12)4-10-11/h4,12H,5H2,1-3H3. The van der Waals surface area contributed by atoms with E-state index in [1.807, 2.05) is 0 Å². The molecule has 0 aliphatic rings. The molecular weight excluding hydrogens is 176 g/mol. The van der Waals surface area contributed by atoms with Gasteiger partial charge in [-0.2, -0.15) is 5.10 Å². The van der Waals surface area contributed by atoms with Crippen LogP contribution in [0.4, 0.5) is 0 Å². The predicted octanol–water partition coefficient (Wildman–Crippen LogP) is 2.29. The fourth-order valence-corrected chi connectivity index (χ4v) is 1.07. The monoisotopic (exact) mass is 188 g/mol. The molecule has 4 heteroatoms. The van der Waals surface area contributed by atoms with Crippen LogP contribution in [0.3, 0.4) is 0 Å². The largest absolute Gasteiger partial charge is 0.504 e. The summed E-state index contributed by atoms with van der Waals surface area (Å²) >= 11 is 5.77. The van der Waals surface area contributed by atoms with Gasteiger partial charge in [0.15, 0.2) is 10.9 Å². The molecule has 0 bridgehead atoms. The average molecular weight is 189 g/mol. The van der Waals surface area contributed by atoms with Crippen molar-refractivity contribution in [2.45, 2.75) is 27.3 Å². The van der Waals surface area contributed by atoms with Crippen LogP contribution in [-0.4, -0.2) is 14.9 Å². The van der Waals surface area contributed by atoms with E-state index in [2.05, 4.69) is 25.9 Å². The highest BCUT2D eigenvalue weighted by atomic mass is 35.5. The fraction of sp³-hybridized carbons (Fsp3) is 0.625. The number of hydrogen-bond acceptors (Lipinski definition) is 2. The zero-order valence-corrected chi connectivity index (χ0v) is 8.26. The Labute approximate surface area is 77.0 Å². The van der Waals surface area contributed by atoms with Crippen LogP contribution in [0.1, 0.15) is 20.8 Å². The van der Waals surface area contributed by atoms with Gasteiger partial charge in [-0.3, -0.25) is 0 Å². The molecule has 3 nitrogen and oxygen atoms in total. The van der Waals surface area contributed by atoms with Gasteiger partial charge in [0, 0.05) is 6.54 Å². The first-order valence-corrected chi connectivity index (χ1v) is 4.18. The lowest BCUT2D eigenvalue weighted by atomic mass is 9.97. The van der Waals surface area contributed by atoms with Crippen LogP contribution in [0.25, 0.3) is 0 Å². The van der Waals surface area contributed by atoms with Crippen molar-refractivity contribution in [1.29, 1.82) is 0 Å². The minimum absolute atomic E-state index is 0.0425. The van der Waals surface area contributed by atoms with E-state index in [-0.39, 0.29) is 11.2 Å². The fourth-order valence-electron chi connectivity index (χ4n) is 0.920. The molecule has 0 radical (unpaired) electrons. The summed E-state index contributed by atoms with van der Waals surface area (Å²) in [6, 6.07) is 0. The maximum atomic E-state index is 9.12. The summed E-state index contributed by atoms with van der Waals surface area (Å²) in [5.74, 6) is 0.0425. The SMILES string of the molecule is CC(C)(C)Cn1ncc(O)c1Cl. The van der Waals surface area contributed by atoms with Crippen molar-refractivity contribution >= 4 is 11.6 Å². The van der Waals surface area contributed by atoms with E-state index < -0.39 is 0 Å². The maximum absolute atomic E-state index is 9.12. The minimum Gasteiger partial charge on any atom is -0.504 e. The van der Waals surface area contributed by atoms with Crippen molar-refractivity contribution in [1.82, 2.24) is 9.78 Å². The molecule has 0 atom stereocenters. The van der Waals surface area contributed by atoms with Gasteiger partial charge in [0.1, 0.15) is 0 Å². The summed E-state index contributed by atoms with van der Waals surface area (Å²) < 4.78 is 1.59. The summed E-state index contributed by atoms with van der Waals surface area (Å²) in [7, 11) is 0. The molecule has 1 aromatic heterocycles. The van der Waals surface area contributed by atoms with Crippen LogP contribution in [0.15, 0.2) is 6.20 Å². The van der Waals surface area contributed by atoms with Gasteiger partial charge in [0.05, 0.1) is 6.20 Å². The lowest BCUT2D eigenvalue weighted by molar-refractivity contribution is 0.325. The molecule has 0 aromatic carbocycles. The molecule has 0 saturated carbocycles. The van der Waals surface area contributed by atoms with Crippen LogP contribution in [0, 0.1) is 5.41 Å². The van der Waals surface area contributed by atoms with Crippen molar-refractivity contribution in [3.63, 3.8) is 0 Å². The summed E-state index contributed by atoms with van der Waals surface area (Å²) in [6.45, 7) is 6.96. The molecule has 1 rings (SSSR count). The van der Waals surface area contributed by atoms with E-state index in [1.54, 1.807) is 4.68 Å². The van der Waals surface area contributed by atoms with E-state index in [0.29, 0.717) is 11.7 Å². The second kappa shape index (κ2) is 2.98. The quantitative estimate of drug-likeness (QED) is 0.735. The number of halogens is 1. The van der Waals surface area contributed by atoms with E-state index in [0.717, 1.165) is 0 Å². The third-order valence-corrected chi connectivity index (χ3v) is 1.77. The van der Waals surface area contributed by atoms with Gasteiger partial charge in [-0.15, -0.1) is 0 Å². The topological polar surface area (TPSA) is 38.0 Å². The molecule has 0 aliphatic carbocycles. The van der Waals surface area contributed by atoms with Crippen molar-refractivity contribution < 1.29 is 5.11 Å². The Bertz CT molecular complexity index is 275. The first kappa shape index (κ1) is 9.39. The van der Waals surface area contributed by atoms with E-state index in [1.165, 1.54) is 6.20 Å². The molecule has 1 N–H and O–H groups in total. The van der Waals surface area contributed by atoms with Crippen molar-refractivity contribution in [2.75, 3.05) is 0 Å². The highest BCUT2D eigenvalue weighted by molar-refractivity contribution is 6.30. The number of rotatable bonds is 1. The van der Waals surface area contributed by atoms with E-state index in [9.17, 15) is 0 Å². The minimum atomic E-state index is 0.0425. The van der Waals surface area contributed by atoms with Crippen LogP contribution in [0.5, 0.6) is 5.75 Å². The summed E-state index contributed by atoms with van der Waals surface area (Å²) in [5, 5.41) is 13.4. The Morgan fingerprint density at radius 1 is 1.58 bits per heavy atom. The maximum Gasteiger partial charge on any atom is 0.172 e. The normalized spacial score (nSPS) is 12.0. The van der Waals surface area contributed by atoms with Crippen LogP contribution < -0.4 is 0 Å². The van der Waals surface area contributed by atoms with Crippen LogP contribution in [-0.2, 0) is 6.54 Å². The smallest absolute Gasteiger partial charge is 0.172 e. The first-order chi connectivity index (χ1) is 5.40. The third kappa shape index (κ3) is 2.14. The van der Waals surface area contributed by atoms with Gasteiger partial charge in [0.2, 0.25) is 0 Å². The highest BCUT2D eigenvalue weighted by Gasteiger charge is 2.15. The number of aromatic nitrogens is 2. The molecule has 0 fully saturated rings. The molecule has 0 amide bonds. The lowest BCUT2D eigenvalue weighted by Gasteiger charge is -2.18. The van der Waals surface area contributed by atoms with Gasteiger partial charge >= 0.3 is 0 Å². The zero-order chi connectivity index (χ0) is 9.35. The summed E-state index contributed by atoms with van der Waals surface area (Å²) in [6.07, 6.45) is 1.36. The van der Waals surface area contributed by atoms with Crippen molar-refractivity contribution in [2.24, 2.45) is 5.41 Å². The second-order valence-corrected chi connectivity index (χ2v) is 4.40. The number of aromatic hydroxyl groups is 1. The molecule has 12 heavy (non-hydrogen) atoms. The Morgan fingerprint density at radius 2 is 2.17 bits per heavy atom. The summed E-state index contributed by atoms with van der Waals surface area (Å²) in [4.78, 5) is 0. The Hall–Kier alpha value is -0.700. The van der Waals surface area contributed by atoms with Gasteiger partial charge in [-0.25, -0.2) is 4.68 Å². The Balaban J connectivity index is 2.83. The van der Waals surface area contributed by atoms with Gasteiger partial charge in [-0.05, 0) is 5.41 Å². The zero-order valence-electron chi connectivity index (χ0n) is 7.50. The number of nitrogens with zero attached hydrogens (tertiary/aromatic N) is 2. The average Bonchev–Trinajstić information content (AvgIpc) is 2.16. The van der Waals surface area contributed by atoms with Gasteiger partial charge < -0.3 is 5.11 Å². The second-order valence-electron chi connectivity index (χ2n) is 4.04. The first-order valence-electron chi connectivity index (χ1n) is 3.80. The van der Waals surface area contributed by atoms with Crippen LogP contribution >= 0.6 is 11.6 Å². The van der Waals surface area contributed by atoms with Gasteiger partial charge in [0.25, 0.3) is 0 Å². The lowest BCUT2D eigenvalue weighted by Crippen LogP contribution is -2.16. The molecule has 1 aromatic rings. The Kier molecular flexibility index (Phi) is 2.33. The molecule has 0 aliphatic heterocycles. The molecule has 68 valence electrons. The predicted molar refractivity (Wildman–Crippen MR) is 48.4 cm³/mol. The molecule has 0 spiro atoms. The third-order valence-electron chi connectivity index (χ3n) is 1.38. The van der Waals surface area contributed by atoms with E-state index in [4.69, 9.17) is 16.7 Å². The molecule has 0 unspecified atom stereocenters. The number of hydrogen-bond donors (Lipinski definition) is 1. The molecule has 0 saturated heterocycles. The van der Waals surface area contributed by atoms with Crippen molar-refractivity contribution in [3.05, 3.63) is 11.3 Å².